The van der Waals surface area contributed by atoms with Crippen molar-refractivity contribution in [2.45, 2.75) is 13.8 Å². The largest absolute Gasteiger partial charge is 0.497 e. The molecule has 0 unspecified atom stereocenters. The van der Waals surface area contributed by atoms with E-state index in [1.165, 1.54) is 6.07 Å². The maximum atomic E-state index is 14.6. The zero-order valence-electron chi connectivity index (χ0n) is 16.3. The van der Waals surface area contributed by atoms with Gasteiger partial charge in [-0.2, -0.15) is 0 Å². The number of aromatic nitrogens is 1. The van der Waals surface area contributed by atoms with E-state index < -0.39 is 0 Å². The standard InChI is InChI=1S/C23H23FN2O2/c1-5-14-28-25-16(2)20-15-23(18-10-12-19(27-4)13-11-18)26(17(20)3)22-9-7-6-8-21(22)24/h5-13,15H,1,14H2,2-4H3/b25-16-. The van der Waals surface area contributed by atoms with E-state index in [9.17, 15) is 4.39 Å². The molecule has 3 rings (SSSR count). The minimum absolute atomic E-state index is 0.292. The molecule has 0 aliphatic heterocycles. The molecule has 0 amide bonds. The van der Waals surface area contributed by atoms with Crippen LogP contribution in [0, 0.1) is 12.7 Å². The van der Waals surface area contributed by atoms with Crippen molar-refractivity contribution in [1.29, 1.82) is 0 Å². The molecule has 0 radical (unpaired) electrons. The smallest absolute Gasteiger partial charge is 0.147 e. The number of hydrogen-bond acceptors (Lipinski definition) is 3. The van der Waals surface area contributed by atoms with E-state index >= 15 is 0 Å². The molecule has 0 N–H and O–H groups in total. The molecule has 1 heterocycles. The SMILES string of the molecule is C=CCO/N=C(/C)c1cc(-c2ccc(OC)cc2)n(-c2ccccc2F)c1C. The highest BCUT2D eigenvalue weighted by atomic mass is 19.1. The molecule has 0 saturated heterocycles. The highest BCUT2D eigenvalue weighted by Gasteiger charge is 2.19. The van der Waals surface area contributed by atoms with Gasteiger partial charge in [-0.25, -0.2) is 4.39 Å². The summed E-state index contributed by atoms with van der Waals surface area (Å²) in [6.07, 6.45) is 1.64. The Balaban J connectivity index is 2.18. The molecule has 0 bridgehead atoms. The zero-order valence-corrected chi connectivity index (χ0v) is 16.3. The van der Waals surface area contributed by atoms with Crippen LogP contribution >= 0.6 is 0 Å². The molecular weight excluding hydrogens is 355 g/mol. The normalized spacial score (nSPS) is 11.4. The Morgan fingerprint density at radius 3 is 2.54 bits per heavy atom. The molecule has 144 valence electrons. The van der Waals surface area contributed by atoms with E-state index in [2.05, 4.69) is 11.7 Å². The van der Waals surface area contributed by atoms with E-state index in [1.54, 1.807) is 25.3 Å². The number of para-hydroxylation sites is 1. The van der Waals surface area contributed by atoms with Crippen LogP contribution in [0.5, 0.6) is 5.75 Å². The van der Waals surface area contributed by atoms with Crippen molar-refractivity contribution < 1.29 is 14.0 Å². The Morgan fingerprint density at radius 2 is 1.89 bits per heavy atom. The Kier molecular flexibility index (Phi) is 5.94. The van der Waals surface area contributed by atoms with Crippen LogP contribution in [0.25, 0.3) is 16.9 Å². The molecule has 3 aromatic rings. The summed E-state index contributed by atoms with van der Waals surface area (Å²) in [5.74, 6) is 0.472. The van der Waals surface area contributed by atoms with Crippen molar-refractivity contribution in [3.63, 3.8) is 0 Å². The molecular formula is C23H23FN2O2. The topological polar surface area (TPSA) is 35.8 Å². The molecule has 0 atom stereocenters. The number of nitrogens with zero attached hydrogens (tertiary/aromatic N) is 2. The lowest BCUT2D eigenvalue weighted by Gasteiger charge is -2.13. The molecule has 1 aromatic heterocycles. The van der Waals surface area contributed by atoms with Gasteiger partial charge >= 0.3 is 0 Å². The monoisotopic (exact) mass is 378 g/mol. The van der Waals surface area contributed by atoms with E-state index in [-0.39, 0.29) is 5.82 Å². The summed E-state index contributed by atoms with van der Waals surface area (Å²) in [6, 6.07) is 16.4. The highest BCUT2D eigenvalue weighted by molar-refractivity contribution is 6.01. The first-order valence-corrected chi connectivity index (χ1v) is 8.96. The van der Waals surface area contributed by atoms with Crippen LogP contribution in [-0.2, 0) is 4.84 Å². The van der Waals surface area contributed by atoms with E-state index in [4.69, 9.17) is 9.57 Å². The second-order valence-electron chi connectivity index (χ2n) is 6.31. The second kappa shape index (κ2) is 8.57. The third-order valence-corrected chi connectivity index (χ3v) is 4.51. The number of methoxy groups -OCH3 is 1. The van der Waals surface area contributed by atoms with Gasteiger partial charge in [0.15, 0.2) is 0 Å². The van der Waals surface area contributed by atoms with Gasteiger partial charge in [0, 0.05) is 11.3 Å². The highest BCUT2D eigenvalue weighted by Crippen LogP contribution is 2.32. The van der Waals surface area contributed by atoms with Crippen LogP contribution in [0.15, 0.2) is 72.4 Å². The lowest BCUT2D eigenvalue weighted by atomic mass is 10.1. The summed E-state index contributed by atoms with van der Waals surface area (Å²) < 4.78 is 21.8. The third kappa shape index (κ3) is 3.83. The van der Waals surface area contributed by atoms with Crippen molar-refractivity contribution in [2.24, 2.45) is 5.16 Å². The predicted molar refractivity (Wildman–Crippen MR) is 111 cm³/mol. The fourth-order valence-electron chi connectivity index (χ4n) is 3.13. The van der Waals surface area contributed by atoms with Gasteiger partial charge < -0.3 is 14.1 Å². The van der Waals surface area contributed by atoms with Crippen molar-refractivity contribution in [1.82, 2.24) is 4.57 Å². The summed E-state index contributed by atoms with van der Waals surface area (Å²) in [5.41, 5.74) is 4.76. The Hall–Kier alpha value is -3.34. The lowest BCUT2D eigenvalue weighted by Crippen LogP contribution is -2.04. The number of rotatable bonds is 7. The van der Waals surface area contributed by atoms with Gasteiger partial charge in [-0.3, -0.25) is 0 Å². The first kappa shape index (κ1) is 19.4. The minimum Gasteiger partial charge on any atom is -0.497 e. The number of halogens is 1. The average Bonchev–Trinajstić information content (AvgIpc) is 3.05. The number of oxime groups is 1. The van der Waals surface area contributed by atoms with Crippen molar-refractivity contribution in [3.05, 3.63) is 84.3 Å². The van der Waals surface area contributed by atoms with Crippen molar-refractivity contribution >= 4 is 5.71 Å². The quantitative estimate of drug-likeness (QED) is 0.235. The van der Waals surface area contributed by atoms with Gasteiger partial charge in [-0.1, -0.05) is 29.9 Å². The fraction of sp³-hybridized carbons (Fsp3) is 0.174. The van der Waals surface area contributed by atoms with Gasteiger partial charge in [0.25, 0.3) is 0 Å². The Morgan fingerprint density at radius 1 is 1.18 bits per heavy atom. The first-order chi connectivity index (χ1) is 13.6. The molecule has 0 spiro atoms. The van der Waals surface area contributed by atoms with Crippen LogP contribution in [0.1, 0.15) is 18.2 Å². The van der Waals surface area contributed by atoms with Gasteiger partial charge in [0.2, 0.25) is 0 Å². The van der Waals surface area contributed by atoms with Crippen LogP contribution in [0.4, 0.5) is 4.39 Å². The van der Waals surface area contributed by atoms with Crippen LogP contribution < -0.4 is 4.74 Å². The van der Waals surface area contributed by atoms with E-state index in [0.717, 1.165) is 28.3 Å². The second-order valence-corrected chi connectivity index (χ2v) is 6.31. The number of benzene rings is 2. The maximum absolute atomic E-state index is 14.6. The van der Waals surface area contributed by atoms with Crippen LogP contribution in [0.2, 0.25) is 0 Å². The minimum atomic E-state index is -0.292. The number of ether oxygens (including phenoxy) is 1. The summed E-state index contributed by atoms with van der Waals surface area (Å²) in [4.78, 5) is 5.24. The Bertz CT molecular complexity index is 1000. The van der Waals surface area contributed by atoms with Gasteiger partial charge in [0.05, 0.1) is 24.2 Å². The molecule has 0 aliphatic rings. The van der Waals surface area contributed by atoms with Crippen molar-refractivity contribution in [3.8, 4) is 22.7 Å². The summed E-state index contributed by atoms with van der Waals surface area (Å²) >= 11 is 0. The van der Waals surface area contributed by atoms with E-state index in [0.29, 0.717) is 18.0 Å². The average molecular weight is 378 g/mol. The molecule has 0 fully saturated rings. The summed E-state index contributed by atoms with van der Waals surface area (Å²) in [7, 11) is 1.63. The molecule has 2 aromatic carbocycles. The van der Waals surface area contributed by atoms with E-state index in [1.807, 2.05) is 54.8 Å². The summed E-state index contributed by atoms with van der Waals surface area (Å²) in [5, 5.41) is 4.15. The summed E-state index contributed by atoms with van der Waals surface area (Å²) in [6.45, 7) is 7.76. The van der Waals surface area contributed by atoms with Crippen LogP contribution in [0.3, 0.4) is 0 Å². The molecule has 5 heteroatoms. The fourth-order valence-corrected chi connectivity index (χ4v) is 3.13. The van der Waals surface area contributed by atoms with Gasteiger partial charge in [-0.15, -0.1) is 0 Å². The molecule has 4 nitrogen and oxygen atoms in total. The first-order valence-electron chi connectivity index (χ1n) is 8.96. The van der Waals surface area contributed by atoms with Gasteiger partial charge in [-0.05, 0) is 61.9 Å². The Labute approximate surface area is 164 Å². The predicted octanol–water partition coefficient (Wildman–Crippen LogP) is 5.53. The van der Waals surface area contributed by atoms with Gasteiger partial charge in [0.1, 0.15) is 18.2 Å². The third-order valence-electron chi connectivity index (χ3n) is 4.51. The lowest BCUT2D eigenvalue weighted by molar-refractivity contribution is 0.175. The number of hydrogen-bond donors (Lipinski definition) is 0. The van der Waals surface area contributed by atoms with Crippen LogP contribution in [-0.4, -0.2) is 24.0 Å². The zero-order chi connectivity index (χ0) is 20.1. The molecule has 0 aliphatic carbocycles. The van der Waals surface area contributed by atoms with Crippen molar-refractivity contribution in [2.75, 3.05) is 13.7 Å². The molecule has 28 heavy (non-hydrogen) atoms. The molecule has 0 saturated carbocycles. The maximum Gasteiger partial charge on any atom is 0.147 e.